The lowest BCUT2D eigenvalue weighted by Crippen LogP contribution is -2.40. The van der Waals surface area contributed by atoms with Crippen molar-refractivity contribution >= 4 is 17.5 Å². The molecule has 6 heteroatoms. The monoisotopic (exact) mass is 386 g/mol. The van der Waals surface area contributed by atoms with E-state index in [1.807, 2.05) is 24.3 Å². The molecule has 0 bridgehead atoms. The van der Waals surface area contributed by atoms with E-state index in [9.17, 15) is 4.79 Å². The maximum atomic E-state index is 12.6. The summed E-state index contributed by atoms with van der Waals surface area (Å²) < 4.78 is 1.69. The second-order valence-corrected chi connectivity index (χ2v) is 8.16. The molecule has 2 aromatic rings. The van der Waals surface area contributed by atoms with Crippen molar-refractivity contribution in [2.45, 2.75) is 57.0 Å². The van der Waals surface area contributed by atoms with E-state index >= 15 is 0 Å². The first-order valence-electron chi connectivity index (χ1n) is 10.1. The molecule has 0 radical (unpaired) electrons. The fraction of sp³-hybridized carbons (Fsp3) is 0.524. The van der Waals surface area contributed by atoms with Gasteiger partial charge in [-0.15, -0.1) is 0 Å². The van der Waals surface area contributed by atoms with Gasteiger partial charge in [0.2, 0.25) is 0 Å². The van der Waals surface area contributed by atoms with Crippen LogP contribution in [0, 0.1) is 0 Å². The molecule has 2 heterocycles. The van der Waals surface area contributed by atoms with Gasteiger partial charge in [-0.05, 0) is 43.5 Å². The Hall–Kier alpha value is -1.85. The summed E-state index contributed by atoms with van der Waals surface area (Å²) in [6, 6.07) is 10.1. The summed E-state index contributed by atoms with van der Waals surface area (Å²) in [4.78, 5) is 15.2. The van der Waals surface area contributed by atoms with E-state index in [0.29, 0.717) is 16.8 Å². The van der Waals surface area contributed by atoms with Crippen molar-refractivity contribution in [2.75, 3.05) is 13.1 Å². The number of nitrogens with zero attached hydrogens (tertiary/aromatic N) is 3. The Morgan fingerprint density at radius 2 is 1.93 bits per heavy atom. The first kappa shape index (κ1) is 18.5. The van der Waals surface area contributed by atoms with Crippen LogP contribution in [0.25, 0.3) is 5.69 Å². The summed E-state index contributed by atoms with van der Waals surface area (Å²) in [5.74, 6) is -0.0940. The lowest BCUT2D eigenvalue weighted by Gasteiger charge is -2.26. The van der Waals surface area contributed by atoms with Gasteiger partial charge < -0.3 is 5.32 Å². The molecule has 1 aromatic heterocycles. The summed E-state index contributed by atoms with van der Waals surface area (Å²) in [5.41, 5.74) is 1.30. The third kappa shape index (κ3) is 4.53. The molecule has 0 spiro atoms. The molecule has 1 aromatic carbocycles. The maximum absolute atomic E-state index is 12.6. The van der Waals surface area contributed by atoms with E-state index in [-0.39, 0.29) is 11.9 Å². The molecular formula is C21H27ClN4O. The Balaban J connectivity index is 1.34. The van der Waals surface area contributed by atoms with Gasteiger partial charge >= 0.3 is 0 Å². The Kier molecular flexibility index (Phi) is 5.79. The molecule has 144 valence electrons. The predicted molar refractivity (Wildman–Crippen MR) is 108 cm³/mol. The fourth-order valence-electron chi connectivity index (χ4n) is 4.33. The zero-order valence-electron chi connectivity index (χ0n) is 15.6. The van der Waals surface area contributed by atoms with Gasteiger partial charge in [0.25, 0.3) is 5.91 Å². The number of likely N-dealkylation sites (tertiary alicyclic amines) is 1. The van der Waals surface area contributed by atoms with Gasteiger partial charge in [0.15, 0.2) is 5.69 Å². The molecule has 2 fully saturated rings. The Labute approximate surface area is 165 Å². The number of nitrogens with one attached hydrogen (secondary N) is 1. The van der Waals surface area contributed by atoms with Crippen LogP contribution in [0.15, 0.2) is 36.5 Å². The molecule has 5 nitrogen and oxygen atoms in total. The first-order chi connectivity index (χ1) is 13.2. The smallest absolute Gasteiger partial charge is 0.272 e. The molecule has 1 N–H and O–H groups in total. The van der Waals surface area contributed by atoms with Gasteiger partial charge in [-0.2, -0.15) is 5.10 Å². The average molecular weight is 387 g/mol. The van der Waals surface area contributed by atoms with Gasteiger partial charge in [0.1, 0.15) is 0 Å². The molecule has 1 saturated heterocycles. The van der Waals surface area contributed by atoms with Crippen molar-refractivity contribution < 1.29 is 4.79 Å². The van der Waals surface area contributed by atoms with E-state index in [2.05, 4.69) is 15.3 Å². The number of carbonyl (C=O) groups is 1. The molecule has 1 amide bonds. The number of rotatable bonds is 4. The van der Waals surface area contributed by atoms with Gasteiger partial charge in [-0.3, -0.25) is 9.69 Å². The van der Waals surface area contributed by atoms with E-state index in [1.54, 1.807) is 16.9 Å². The van der Waals surface area contributed by atoms with Crippen molar-refractivity contribution in [2.24, 2.45) is 0 Å². The minimum Gasteiger partial charge on any atom is -0.347 e. The largest absolute Gasteiger partial charge is 0.347 e. The second-order valence-electron chi connectivity index (χ2n) is 7.72. The van der Waals surface area contributed by atoms with Crippen molar-refractivity contribution in [3.05, 3.63) is 47.2 Å². The van der Waals surface area contributed by atoms with Crippen molar-refractivity contribution in [1.29, 1.82) is 0 Å². The van der Waals surface area contributed by atoms with Gasteiger partial charge in [-0.1, -0.05) is 43.4 Å². The quantitative estimate of drug-likeness (QED) is 0.806. The summed E-state index contributed by atoms with van der Waals surface area (Å²) in [7, 11) is 0. The summed E-state index contributed by atoms with van der Waals surface area (Å²) in [6.07, 6.45) is 10.9. The number of hydrogen-bond acceptors (Lipinski definition) is 3. The number of carbonyl (C=O) groups excluding carboxylic acids is 1. The number of benzene rings is 1. The van der Waals surface area contributed by atoms with Crippen LogP contribution in [-0.4, -0.2) is 45.8 Å². The van der Waals surface area contributed by atoms with Gasteiger partial charge in [-0.25, -0.2) is 4.68 Å². The van der Waals surface area contributed by atoms with E-state index < -0.39 is 0 Å². The fourth-order valence-corrected chi connectivity index (χ4v) is 4.51. The molecule has 27 heavy (non-hydrogen) atoms. The van der Waals surface area contributed by atoms with Gasteiger partial charge in [0.05, 0.1) is 5.69 Å². The van der Waals surface area contributed by atoms with Crippen molar-refractivity contribution in [1.82, 2.24) is 20.0 Å². The molecule has 2 aliphatic rings. The standard InChI is InChI=1S/C21H27ClN4O/c22-16-6-5-9-19(14-16)26-13-11-20(24-26)21(27)23-17-10-12-25(15-17)18-7-3-1-2-4-8-18/h5-6,9,11,13-14,17-18H,1-4,7-8,10,12,15H2,(H,23,27). The van der Waals surface area contributed by atoms with Crippen molar-refractivity contribution in [3.8, 4) is 5.69 Å². The number of amides is 1. The summed E-state index contributed by atoms with van der Waals surface area (Å²) >= 11 is 6.04. The molecular weight excluding hydrogens is 360 g/mol. The molecule has 1 aliphatic heterocycles. The van der Waals surface area contributed by atoms with E-state index in [4.69, 9.17) is 11.6 Å². The van der Waals surface area contributed by atoms with E-state index in [1.165, 1.54) is 38.5 Å². The van der Waals surface area contributed by atoms with Crippen LogP contribution in [0.3, 0.4) is 0 Å². The highest BCUT2D eigenvalue weighted by Crippen LogP contribution is 2.25. The lowest BCUT2D eigenvalue weighted by molar-refractivity contribution is 0.0930. The zero-order valence-corrected chi connectivity index (χ0v) is 16.4. The second kappa shape index (κ2) is 8.44. The SMILES string of the molecule is O=C(NC1CCN(C2CCCCCC2)C1)c1ccn(-c2cccc(Cl)c2)n1. The number of hydrogen-bond donors (Lipinski definition) is 1. The third-order valence-electron chi connectivity index (χ3n) is 5.79. The normalized spacial score (nSPS) is 21.9. The minimum absolute atomic E-state index is 0.0940. The van der Waals surface area contributed by atoms with Crippen LogP contribution in [0.5, 0.6) is 0 Å². The highest BCUT2D eigenvalue weighted by molar-refractivity contribution is 6.30. The molecule has 1 saturated carbocycles. The number of halogens is 1. The van der Waals surface area contributed by atoms with E-state index in [0.717, 1.165) is 25.2 Å². The van der Waals surface area contributed by atoms with Crippen LogP contribution >= 0.6 is 11.6 Å². The topological polar surface area (TPSA) is 50.2 Å². The average Bonchev–Trinajstić information content (AvgIpc) is 3.26. The number of aromatic nitrogens is 2. The zero-order chi connectivity index (χ0) is 18.6. The van der Waals surface area contributed by atoms with Crippen LogP contribution in [0.4, 0.5) is 0 Å². The first-order valence-corrected chi connectivity index (χ1v) is 10.4. The summed E-state index contributed by atoms with van der Waals surface area (Å²) in [5, 5.41) is 8.24. The summed E-state index contributed by atoms with van der Waals surface area (Å²) in [6.45, 7) is 2.05. The van der Waals surface area contributed by atoms with Gasteiger partial charge in [0, 0.05) is 36.4 Å². The van der Waals surface area contributed by atoms with Crippen LogP contribution < -0.4 is 5.32 Å². The Bertz CT molecular complexity index is 782. The third-order valence-corrected chi connectivity index (χ3v) is 6.03. The molecule has 4 rings (SSSR count). The van der Waals surface area contributed by atoms with Crippen LogP contribution in [0.1, 0.15) is 55.4 Å². The highest BCUT2D eigenvalue weighted by atomic mass is 35.5. The highest BCUT2D eigenvalue weighted by Gasteiger charge is 2.29. The molecule has 1 unspecified atom stereocenters. The maximum Gasteiger partial charge on any atom is 0.272 e. The molecule has 1 aliphatic carbocycles. The molecule has 1 atom stereocenters. The van der Waals surface area contributed by atoms with Crippen LogP contribution in [0.2, 0.25) is 5.02 Å². The Morgan fingerprint density at radius 3 is 2.70 bits per heavy atom. The van der Waals surface area contributed by atoms with Crippen LogP contribution in [-0.2, 0) is 0 Å². The predicted octanol–water partition coefficient (Wildman–Crippen LogP) is 4.05. The Morgan fingerprint density at radius 1 is 1.11 bits per heavy atom. The lowest BCUT2D eigenvalue weighted by atomic mass is 10.1. The van der Waals surface area contributed by atoms with Crippen molar-refractivity contribution in [3.63, 3.8) is 0 Å². The minimum atomic E-state index is -0.0940.